The summed E-state index contributed by atoms with van der Waals surface area (Å²) in [4.78, 5) is 10.8. The highest BCUT2D eigenvalue weighted by molar-refractivity contribution is 5.74. The topological polar surface area (TPSA) is 46.5 Å². The first-order valence-corrected chi connectivity index (χ1v) is 4.82. The van der Waals surface area contributed by atoms with E-state index in [-0.39, 0.29) is 16.9 Å². The van der Waals surface area contributed by atoms with Crippen LogP contribution in [-0.4, -0.2) is 23.3 Å². The summed E-state index contributed by atoms with van der Waals surface area (Å²) in [5, 5.41) is 8.90. The fourth-order valence-electron chi connectivity index (χ4n) is 2.69. The van der Waals surface area contributed by atoms with Crippen molar-refractivity contribution < 1.29 is 14.6 Å². The minimum atomic E-state index is -0.627. The molecule has 1 aliphatic carbocycles. The van der Waals surface area contributed by atoms with Crippen LogP contribution < -0.4 is 0 Å². The first kappa shape index (κ1) is 9.00. The molecular formula is C10H16O3. The molecule has 2 atom stereocenters. The van der Waals surface area contributed by atoms with Gasteiger partial charge in [0.15, 0.2) is 0 Å². The van der Waals surface area contributed by atoms with E-state index in [0.29, 0.717) is 0 Å². The summed E-state index contributed by atoms with van der Waals surface area (Å²) in [6.45, 7) is 4.81. The lowest BCUT2D eigenvalue weighted by molar-refractivity contribution is -0.141. The highest BCUT2D eigenvalue weighted by atomic mass is 16.5. The molecule has 2 fully saturated rings. The summed E-state index contributed by atoms with van der Waals surface area (Å²) in [6.07, 6.45) is 2.68. The molecule has 1 saturated heterocycles. The Bertz CT molecular complexity index is 247. The average molecular weight is 184 g/mol. The van der Waals surface area contributed by atoms with Crippen molar-refractivity contribution in [2.45, 2.75) is 38.7 Å². The van der Waals surface area contributed by atoms with Crippen molar-refractivity contribution in [2.75, 3.05) is 6.61 Å². The van der Waals surface area contributed by atoms with E-state index in [0.717, 1.165) is 25.9 Å². The summed E-state index contributed by atoms with van der Waals surface area (Å²) in [6, 6.07) is 0. The van der Waals surface area contributed by atoms with Crippen molar-refractivity contribution in [3.63, 3.8) is 0 Å². The molecule has 2 unspecified atom stereocenters. The summed E-state index contributed by atoms with van der Waals surface area (Å²) < 4.78 is 5.58. The van der Waals surface area contributed by atoms with Crippen LogP contribution in [0, 0.1) is 11.3 Å². The largest absolute Gasteiger partial charge is 0.481 e. The van der Waals surface area contributed by atoms with Crippen LogP contribution in [0.5, 0.6) is 0 Å². The Balaban J connectivity index is 2.06. The molecule has 2 rings (SSSR count). The smallest absolute Gasteiger partial charge is 0.307 e. The van der Waals surface area contributed by atoms with E-state index in [4.69, 9.17) is 9.84 Å². The first-order valence-electron chi connectivity index (χ1n) is 4.82. The maximum absolute atomic E-state index is 10.8. The Morgan fingerprint density at radius 3 is 2.69 bits per heavy atom. The Morgan fingerprint density at radius 1 is 1.54 bits per heavy atom. The molecule has 0 aromatic carbocycles. The molecule has 1 N–H and O–H groups in total. The molecule has 0 aromatic heterocycles. The number of carboxylic acid groups (broad SMARTS) is 1. The third kappa shape index (κ3) is 1.46. The Morgan fingerprint density at radius 2 is 2.23 bits per heavy atom. The number of aliphatic carboxylic acids is 1. The van der Waals surface area contributed by atoms with E-state index in [1.165, 1.54) is 0 Å². The molecular weight excluding hydrogens is 168 g/mol. The lowest BCUT2D eigenvalue weighted by Gasteiger charge is -2.36. The maximum atomic E-state index is 10.8. The fourth-order valence-corrected chi connectivity index (χ4v) is 2.69. The van der Waals surface area contributed by atoms with Gasteiger partial charge in [0.25, 0.3) is 0 Å². The van der Waals surface area contributed by atoms with Gasteiger partial charge in [-0.3, -0.25) is 4.79 Å². The standard InChI is InChI=1S/C10H16O3/c1-9(2)6-10(3-4-13-9)5-7(10)8(11)12/h7H,3-6H2,1-2H3,(H,11,12). The van der Waals surface area contributed by atoms with Gasteiger partial charge in [-0.05, 0) is 38.5 Å². The second-order valence-corrected chi connectivity index (χ2v) is 4.99. The second kappa shape index (κ2) is 2.47. The van der Waals surface area contributed by atoms with Gasteiger partial charge in [-0.2, -0.15) is 0 Å². The zero-order chi connectivity index (χ0) is 9.69. The molecule has 2 aliphatic rings. The number of carbonyl (C=O) groups is 1. The van der Waals surface area contributed by atoms with Gasteiger partial charge in [0.05, 0.1) is 11.5 Å². The van der Waals surface area contributed by atoms with Gasteiger partial charge in [-0.1, -0.05) is 0 Å². The quantitative estimate of drug-likeness (QED) is 0.674. The van der Waals surface area contributed by atoms with Gasteiger partial charge in [-0.15, -0.1) is 0 Å². The van der Waals surface area contributed by atoms with Gasteiger partial charge in [0, 0.05) is 6.61 Å². The molecule has 0 bridgehead atoms. The average Bonchev–Trinajstić information content (AvgIpc) is 2.60. The summed E-state index contributed by atoms with van der Waals surface area (Å²) in [5.74, 6) is -0.728. The molecule has 0 aromatic rings. The third-order valence-electron chi connectivity index (χ3n) is 3.36. The Kier molecular flexibility index (Phi) is 1.71. The third-order valence-corrected chi connectivity index (χ3v) is 3.36. The van der Waals surface area contributed by atoms with Gasteiger partial charge in [-0.25, -0.2) is 0 Å². The van der Waals surface area contributed by atoms with Crippen molar-refractivity contribution in [1.82, 2.24) is 0 Å². The van der Waals surface area contributed by atoms with Crippen molar-refractivity contribution >= 4 is 5.97 Å². The van der Waals surface area contributed by atoms with Gasteiger partial charge < -0.3 is 9.84 Å². The number of rotatable bonds is 1. The molecule has 1 saturated carbocycles. The highest BCUT2D eigenvalue weighted by Crippen LogP contribution is 2.61. The minimum Gasteiger partial charge on any atom is -0.481 e. The van der Waals surface area contributed by atoms with Crippen molar-refractivity contribution in [3.8, 4) is 0 Å². The predicted molar refractivity (Wildman–Crippen MR) is 47.4 cm³/mol. The molecule has 13 heavy (non-hydrogen) atoms. The van der Waals surface area contributed by atoms with Gasteiger partial charge in [0.1, 0.15) is 0 Å². The molecule has 1 spiro atoms. The van der Waals surface area contributed by atoms with E-state index in [1.54, 1.807) is 0 Å². The van der Waals surface area contributed by atoms with Crippen LogP contribution in [0.2, 0.25) is 0 Å². The van der Waals surface area contributed by atoms with Gasteiger partial charge in [0.2, 0.25) is 0 Å². The number of hydrogen-bond donors (Lipinski definition) is 1. The lowest BCUT2D eigenvalue weighted by atomic mass is 9.84. The molecule has 1 aliphatic heterocycles. The molecule has 74 valence electrons. The molecule has 3 heteroatoms. The second-order valence-electron chi connectivity index (χ2n) is 4.99. The SMILES string of the molecule is CC1(C)CC2(CCO1)CC2C(=O)O. The van der Waals surface area contributed by atoms with E-state index in [2.05, 4.69) is 0 Å². The maximum Gasteiger partial charge on any atom is 0.307 e. The van der Waals surface area contributed by atoms with E-state index >= 15 is 0 Å². The van der Waals surface area contributed by atoms with E-state index in [1.807, 2.05) is 13.8 Å². The predicted octanol–water partition coefficient (Wildman–Crippen LogP) is 1.67. The zero-order valence-electron chi connectivity index (χ0n) is 8.17. The monoisotopic (exact) mass is 184 g/mol. The van der Waals surface area contributed by atoms with Crippen LogP contribution in [0.3, 0.4) is 0 Å². The molecule has 1 heterocycles. The van der Waals surface area contributed by atoms with Crippen LogP contribution in [0.1, 0.15) is 33.1 Å². The van der Waals surface area contributed by atoms with Crippen molar-refractivity contribution in [2.24, 2.45) is 11.3 Å². The summed E-state index contributed by atoms with van der Waals surface area (Å²) in [5.41, 5.74) is -0.0456. The summed E-state index contributed by atoms with van der Waals surface area (Å²) in [7, 11) is 0. The first-order chi connectivity index (χ1) is 5.95. The Labute approximate surface area is 78.1 Å². The van der Waals surface area contributed by atoms with Crippen molar-refractivity contribution in [1.29, 1.82) is 0 Å². The van der Waals surface area contributed by atoms with Crippen molar-refractivity contribution in [3.05, 3.63) is 0 Å². The summed E-state index contributed by atoms with van der Waals surface area (Å²) >= 11 is 0. The number of hydrogen-bond acceptors (Lipinski definition) is 2. The number of carboxylic acids is 1. The van der Waals surface area contributed by atoms with E-state index < -0.39 is 5.97 Å². The minimum absolute atomic E-state index is 0.0770. The molecule has 3 nitrogen and oxygen atoms in total. The zero-order valence-corrected chi connectivity index (χ0v) is 8.17. The number of ether oxygens (including phenoxy) is 1. The van der Waals surface area contributed by atoms with Crippen LogP contribution in [0.15, 0.2) is 0 Å². The van der Waals surface area contributed by atoms with Crippen LogP contribution in [0.4, 0.5) is 0 Å². The van der Waals surface area contributed by atoms with Crippen LogP contribution in [-0.2, 0) is 9.53 Å². The van der Waals surface area contributed by atoms with Gasteiger partial charge >= 0.3 is 5.97 Å². The van der Waals surface area contributed by atoms with E-state index in [9.17, 15) is 4.79 Å². The van der Waals surface area contributed by atoms with Crippen LogP contribution >= 0.6 is 0 Å². The molecule has 0 amide bonds. The molecule has 0 radical (unpaired) electrons. The Hall–Kier alpha value is -0.570. The highest BCUT2D eigenvalue weighted by Gasteiger charge is 2.61. The lowest BCUT2D eigenvalue weighted by Crippen LogP contribution is -2.36. The van der Waals surface area contributed by atoms with Crippen LogP contribution in [0.25, 0.3) is 0 Å². The fraction of sp³-hybridized carbons (Fsp3) is 0.900. The normalized spacial score (nSPS) is 41.8.